The summed E-state index contributed by atoms with van der Waals surface area (Å²) in [6.45, 7) is 5.87. The lowest BCUT2D eigenvalue weighted by Gasteiger charge is -2.21. The van der Waals surface area contributed by atoms with E-state index in [0.717, 1.165) is 11.1 Å². The van der Waals surface area contributed by atoms with Crippen molar-refractivity contribution in [2.45, 2.75) is 33.4 Å². The second-order valence-corrected chi connectivity index (χ2v) is 7.12. The number of likely N-dealkylation sites (N-methyl/N-ethyl adjacent to an activating group) is 1. The minimum Gasteiger partial charge on any atom is -0.481 e. The molecule has 0 aliphatic heterocycles. The van der Waals surface area contributed by atoms with Gasteiger partial charge in [-0.15, -0.1) is 0 Å². The summed E-state index contributed by atoms with van der Waals surface area (Å²) in [5.41, 5.74) is 2.81. The fourth-order valence-electron chi connectivity index (χ4n) is 2.83. The van der Waals surface area contributed by atoms with Crippen molar-refractivity contribution in [3.8, 4) is 17.1 Å². The van der Waals surface area contributed by atoms with E-state index >= 15 is 0 Å². The first kappa shape index (κ1) is 19.9. The quantitative estimate of drug-likeness (QED) is 0.613. The van der Waals surface area contributed by atoms with Gasteiger partial charge in [-0.25, -0.2) is 0 Å². The van der Waals surface area contributed by atoms with Gasteiger partial charge in [-0.1, -0.05) is 46.6 Å². The number of aromatic nitrogens is 2. The lowest BCUT2D eigenvalue weighted by Crippen LogP contribution is -2.37. The third kappa shape index (κ3) is 4.51. The van der Waals surface area contributed by atoms with Crippen molar-refractivity contribution in [1.29, 1.82) is 0 Å². The van der Waals surface area contributed by atoms with Crippen LogP contribution in [0.3, 0.4) is 0 Å². The van der Waals surface area contributed by atoms with E-state index in [-0.39, 0.29) is 12.5 Å². The fraction of sp³-hybridized carbons (Fsp3) is 0.286. The van der Waals surface area contributed by atoms with Crippen LogP contribution in [0.2, 0.25) is 5.02 Å². The SMILES string of the molecule is Cc1ccc(OC(C)C(=O)N(C)Cc2nc(-c3ccccc3Cl)no2)c(C)c1. The Morgan fingerprint density at radius 1 is 1.25 bits per heavy atom. The Labute approximate surface area is 169 Å². The van der Waals surface area contributed by atoms with E-state index in [1.807, 2.05) is 50.2 Å². The standard InChI is InChI=1S/C21H22ClN3O3/c1-13-9-10-18(14(2)11-13)27-15(3)21(26)25(4)12-19-23-20(24-28-19)16-7-5-6-8-17(16)22/h5-11,15H,12H2,1-4H3. The molecule has 1 heterocycles. The molecule has 0 saturated heterocycles. The molecule has 1 unspecified atom stereocenters. The highest BCUT2D eigenvalue weighted by Crippen LogP contribution is 2.25. The molecule has 0 aliphatic rings. The highest BCUT2D eigenvalue weighted by atomic mass is 35.5. The Morgan fingerprint density at radius 2 is 2.00 bits per heavy atom. The van der Waals surface area contributed by atoms with E-state index in [2.05, 4.69) is 10.1 Å². The van der Waals surface area contributed by atoms with Crippen molar-refractivity contribution in [2.75, 3.05) is 7.05 Å². The largest absolute Gasteiger partial charge is 0.481 e. The Morgan fingerprint density at radius 3 is 2.71 bits per heavy atom. The molecule has 0 bridgehead atoms. The van der Waals surface area contributed by atoms with Gasteiger partial charge in [0, 0.05) is 12.6 Å². The summed E-state index contributed by atoms with van der Waals surface area (Å²) in [5.74, 6) is 1.22. The van der Waals surface area contributed by atoms with E-state index in [1.54, 1.807) is 20.0 Å². The molecular weight excluding hydrogens is 378 g/mol. The van der Waals surface area contributed by atoms with Crippen LogP contribution in [0.15, 0.2) is 47.0 Å². The fourth-order valence-corrected chi connectivity index (χ4v) is 3.05. The van der Waals surface area contributed by atoms with Crippen molar-refractivity contribution < 1.29 is 14.1 Å². The van der Waals surface area contributed by atoms with Crippen LogP contribution < -0.4 is 4.74 Å². The molecule has 0 spiro atoms. The van der Waals surface area contributed by atoms with Crippen LogP contribution in [0, 0.1) is 13.8 Å². The number of aryl methyl sites for hydroxylation is 2. The molecule has 0 saturated carbocycles. The summed E-state index contributed by atoms with van der Waals surface area (Å²) in [7, 11) is 1.67. The second kappa shape index (κ2) is 8.44. The van der Waals surface area contributed by atoms with Crippen LogP contribution >= 0.6 is 11.6 Å². The van der Waals surface area contributed by atoms with E-state index < -0.39 is 6.10 Å². The van der Waals surface area contributed by atoms with Gasteiger partial charge >= 0.3 is 0 Å². The monoisotopic (exact) mass is 399 g/mol. The topological polar surface area (TPSA) is 68.5 Å². The number of benzene rings is 2. The number of ether oxygens (including phenoxy) is 1. The molecule has 1 amide bonds. The summed E-state index contributed by atoms with van der Waals surface area (Å²) in [4.78, 5) is 18.5. The maximum absolute atomic E-state index is 12.7. The number of hydrogen-bond acceptors (Lipinski definition) is 5. The van der Waals surface area contributed by atoms with Crippen molar-refractivity contribution in [3.05, 3.63) is 64.5 Å². The number of amides is 1. The average Bonchev–Trinajstić information content (AvgIpc) is 3.11. The average molecular weight is 400 g/mol. The molecule has 3 aromatic rings. The predicted molar refractivity (Wildman–Crippen MR) is 107 cm³/mol. The molecule has 0 N–H and O–H groups in total. The lowest BCUT2D eigenvalue weighted by atomic mass is 10.1. The molecule has 1 aromatic heterocycles. The van der Waals surface area contributed by atoms with Crippen LogP contribution in [0.1, 0.15) is 23.9 Å². The van der Waals surface area contributed by atoms with Crippen LogP contribution in [-0.4, -0.2) is 34.1 Å². The van der Waals surface area contributed by atoms with Gasteiger partial charge in [0.05, 0.1) is 11.6 Å². The van der Waals surface area contributed by atoms with Gasteiger partial charge < -0.3 is 14.2 Å². The van der Waals surface area contributed by atoms with E-state index in [9.17, 15) is 4.79 Å². The van der Waals surface area contributed by atoms with Gasteiger partial charge in [0.1, 0.15) is 5.75 Å². The Balaban J connectivity index is 1.65. The molecular formula is C21H22ClN3O3. The molecule has 146 valence electrons. The van der Waals surface area contributed by atoms with Crippen LogP contribution in [-0.2, 0) is 11.3 Å². The highest BCUT2D eigenvalue weighted by molar-refractivity contribution is 6.33. The second-order valence-electron chi connectivity index (χ2n) is 6.71. The Bertz CT molecular complexity index is 987. The molecule has 1 atom stereocenters. The van der Waals surface area contributed by atoms with Crippen LogP contribution in [0.5, 0.6) is 5.75 Å². The van der Waals surface area contributed by atoms with Crippen LogP contribution in [0.25, 0.3) is 11.4 Å². The van der Waals surface area contributed by atoms with Crippen molar-refractivity contribution >= 4 is 17.5 Å². The highest BCUT2D eigenvalue weighted by Gasteiger charge is 2.22. The Hall–Kier alpha value is -2.86. The molecule has 2 aromatic carbocycles. The summed E-state index contributed by atoms with van der Waals surface area (Å²) >= 11 is 6.16. The summed E-state index contributed by atoms with van der Waals surface area (Å²) in [5, 5.41) is 4.49. The molecule has 6 nitrogen and oxygen atoms in total. The van der Waals surface area contributed by atoms with Crippen molar-refractivity contribution in [3.63, 3.8) is 0 Å². The lowest BCUT2D eigenvalue weighted by molar-refractivity contribution is -0.137. The van der Waals surface area contributed by atoms with Gasteiger partial charge in [-0.3, -0.25) is 4.79 Å². The first-order chi connectivity index (χ1) is 13.3. The predicted octanol–water partition coefficient (Wildman–Crippen LogP) is 4.43. The number of carbonyl (C=O) groups is 1. The zero-order valence-electron chi connectivity index (χ0n) is 16.3. The number of carbonyl (C=O) groups excluding carboxylic acids is 1. The minimum atomic E-state index is -0.641. The zero-order valence-corrected chi connectivity index (χ0v) is 17.0. The number of halogens is 1. The Kier molecular flexibility index (Phi) is 5.99. The van der Waals surface area contributed by atoms with Gasteiger partial charge in [0.15, 0.2) is 6.10 Å². The third-order valence-corrected chi connectivity index (χ3v) is 4.64. The summed E-state index contributed by atoms with van der Waals surface area (Å²) in [6.07, 6.45) is -0.641. The molecule has 7 heteroatoms. The van der Waals surface area contributed by atoms with Gasteiger partial charge in [0.2, 0.25) is 11.7 Å². The molecule has 0 aliphatic carbocycles. The molecule has 3 rings (SSSR count). The summed E-state index contributed by atoms with van der Waals surface area (Å²) in [6, 6.07) is 13.1. The number of nitrogens with zero attached hydrogens (tertiary/aromatic N) is 3. The molecule has 0 radical (unpaired) electrons. The number of rotatable bonds is 6. The van der Waals surface area contributed by atoms with E-state index in [1.165, 1.54) is 4.90 Å². The number of hydrogen-bond donors (Lipinski definition) is 0. The first-order valence-corrected chi connectivity index (χ1v) is 9.29. The van der Waals surface area contributed by atoms with Gasteiger partial charge in [-0.05, 0) is 44.5 Å². The maximum atomic E-state index is 12.7. The maximum Gasteiger partial charge on any atom is 0.263 e. The normalized spacial score (nSPS) is 11.9. The minimum absolute atomic E-state index is 0.177. The third-order valence-electron chi connectivity index (χ3n) is 4.31. The van der Waals surface area contributed by atoms with E-state index in [4.69, 9.17) is 20.9 Å². The van der Waals surface area contributed by atoms with Gasteiger partial charge in [0.25, 0.3) is 5.91 Å². The molecule has 28 heavy (non-hydrogen) atoms. The zero-order chi connectivity index (χ0) is 20.3. The molecule has 0 fully saturated rings. The van der Waals surface area contributed by atoms with Crippen molar-refractivity contribution in [2.24, 2.45) is 0 Å². The summed E-state index contributed by atoms with van der Waals surface area (Å²) < 4.78 is 11.1. The smallest absolute Gasteiger partial charge is 0.263 e. The van der Waals surface area contributed by atoms with Crippen molar-refractivity contribution in [1.82, 2.24) is 15.0 Å². The first-order valence-electron chi connectivity index (χ1n) is 8.91. The van der Waals surface area contributed by atoms with Gasteiger partial charge in [-0.2, -0.15) is 4.98 Å². The van der Waals surface area contributed by atoms with Crippen LogP contribution in [0.4, 0.5) is 0 Å². The van der Waals surface area contributed by atoms with E-state index in [0.29, 0.717) is 28.1 Å².